The molecule has 0 saturated carbocycles. The van der Waals surface area contributed by atoms with Gasteiger partial charge in [0, 0.05) is 33.3 Å². The van der Waals surface area contributed by atoms with Crippen molar-refractivity contribution in [2.75, 3.05) is 6.54 Å². The van der Waals surface area contributed by atoms with E-state index in [9.17, 15) is 0 Å². The third kappa shape index (κ3) is 2.99. The van der Waals surface area contributed by atoms with Gasteiger partial charge in [-0.3, -0.25) is 0 Å². The summed E-state index contributed by atoms with van der Waals surface area (Å²) in [6, 6.07) is 11.1. The molecule has 0 amide bonds. The standard InChI is InChI=1S/C18H23NOS/c1-4-9-19-16-11-18(15-10-12(2)21-13(15)3)20-17-8-6-5-7-14(16)17/h5-8,10,16,18-19H,4,9,11H2,1-3H3. The Hall–Kier alpha value is -1.32. The van der Waals surface area contributed by atoms with Crippen molar-refractivity contribution in [2.45, 2.75) is 45.8 Å². The van der Waals surface area contributed by atoms with E-state index >= 15 is 0 Å². The van der Waals surface area contributed by atoms with E-state index in [1.54, 1.807) is 0 Å². The molecule has 21 heavy (non-hydrogen) atoms. The number of rotatable bonds is 4. The van der Waals surface area contributed by atoms with Gasteiger partial charge in [-0.05, 0) is 38.9 Å². The Labute approximate surface area is 131 Å². The van der Waals surface area contributed by atoms with Gasteiger partial charge in [0.2, 0.25) is 0 Å². The van der Waals surface area contributed by atoms with Crippen LogP contribution in [0.15, 0.2) is 30.3 Å². The van der Waals surface area contributed by atoms with Crippen LogP contribution in [0, 0.1) is 13.8 Å². The lowest BCUT2D eigenvalue weighted by Crippen LogP contribution is -2.29. The third-order valence-corrected chi connectivity index (χ3v) is 5.06. The Morgan fingerprint density at radius 2 is 2.05 bits per heavy atom. The lowest BCUT2D eigenvalue weighted by molar-refractivity contribution is 0.151. The van der Waals surface area contributed by atoms with Gasteiger partial charge in [0.05, 0.1) is 0 Å². The van der Waals surface area contributed by atoms with Crippen molar-refractivity contribution in [2.24, 2.45) is 0 Å². The number of nitrogens with one attached hydrogen (secondary N) is 1. The predicted molar refractivity (Wildman–Crippen MR) is 89.3 cm³/mol. The van der Waals surface area contributed by atoms with Gasteiger partial charge in [-0.15, -0.1) is 11.3 Å². The summed E-state index contributed by atoms with van der Waals surface area (Å²) in [5.74, 6) is 1.03. The molecule has 2 aromatic rings. The summed E-state index contributed by atoms with van der Waals surface area (Å²) >= 11 is 1.86. The molecule has 2 atom stereocenters. The molecule has 1 aromatic heterocycles. The highest BCUT2D eigenvalue weighted by Crippen LogP contribution is 2.42. The molecule has 2 unspecified atom stereocenters. The highest BCUT2D eigenvalue weighted by molar-refractivity contribution is 7.12. The van der Waals surface area contributed by atoms with Crippen molar-refractivity contribution in [3.63, 3.8) is 0 Å². The van der Waals surface area contributed by atoms with Crippen LogP contribution < -0.4 is 10.1 Å². The molecular weight excluding hydrogens is 278 g/mol. The maximum Gasteiger partial charge on any atom is 0.127 e. The first-order chi connectivity index (χ1) is 10.2. The van der Waals surface area contributed by atoms with Gasteiger partial charge in [0.15, 0.2) is 0 Å². The zero-order valence-corrected chi connectivity index (χ0v) is 13.8. The number of hydrogen-bond donors (Lipinski definition) is 1. The number of thiophene rings is 1. The third-order valence-electron chi connectivity index (χ3n) is 4.08. The fourth-order valence-electron chi connectivity index (χ4n) is 3.09. The number of hydrogen-bond acceptors (Lipinski definition) is 3. The molecule has 2 nitrogen and oxygen atoms in total. The minimum atomic E-state index is 0.166. The minimum Gasteiger partial charge on any atom is -0.485 e. The van der Waals surface area contributed by atoms with Crippen LogP contribution in [0.25, 0.3) is 0 Å². The molecule has 3 heteroatoms. The topological polar surface area (TPSA) is 21.3 Å². The quantitative estimate of drug-likeness (QED) is 0.864. The molecule has 1 N–H and O–H groups in total. The first kappa shape index (κ1) is 14.6. The van der Waals surface area contributed by atoms with Gasteiger partial charge in [-0.1, -0.05) is 25.1 Å². The maximum atomic E-state index is 6.29. The van der Waals surface area contributed by atoms with Crippen molar-refractivity contribution >= 4 is 11.3 Å². The Balaban J connectivity index is 1.91. The summed E-state index contributed by atoms with van der Waals surface area (Å²) in [5, 5.41) is 3.68. The van der Waals surface area contributed by atoms with Crippen LogP contribution in [-0.2, 0) is 0 Å². The maximum absolute atomic E-state index is 6.29. The first-order valence-electron chi connectivity index (χ1n) is 7.75. The zero-order chi connectivity index (χ0) is 14.8. The van der Waals surface area contributed by atoms with E-state index in [2.05, 4.69) is 56.4 Å². The Kier molecular flexibility index (Phi) is 4.32. The molecule has 1 aliphatic heterocycles. The highest BCUT2D eigenvalue weighted by atomic mass is 32.1. The molecule has 3 rings (SSSR count). The van der Waals surface area contributed by atoms with E-state index in [4.69, 9.17) is 4.74 Å². The van der Waals surface area contributed by atoms with Crippen LogP contribution in [0.4, 0.5) is 0 Å². The first-order valence-corrected chi connectivity index (χ1v) is 8.56. The summed E-state index contributed by atoms with van der Waals surface area (Å²) in [6.07, 6.45) is 2.33. The van der Waals surface area contributed by atoms with E-state index in [1.807, 2.05) is 11.3 Å². The predicted octanol–water partition coefficient (Wildman–Crippen LogP) is 4.93. The average molecular weight is 301 g/mol. The summed E-state index contributed by atoms with van der Waals surface area (Å²) < 4.78 is 6.29. The van der Waals surface area contributed by atoms with Gasteiger partial charge in [0.1, 0.15) is 11.9 Å². The fourth-order valence-corrected chi connectivity index (χ4v) is 4.07. The summed E-state index contributed by atoms with van der Waals surface area (Å²) in [4.78, 5) is 2.74. The smallest absolute Gasteiger partial charge is 0.127 e. The van der Waals surface area contributed by atoms with Gasteiger partial charge in [-0.25, -0.2) is 0 Å². The second-order valence-electron chi connectivity index (χ2n) is 5.76. The van der Waals surface area contributed by atoms with Crippen molar-refractivity contribution in [1.29, 1.82) is 0 Å². The second-order valence-corrected chi connectivity index (χ2v) is 7.22. The number of aryl methyl sites for hydroxylation is 2. The van der Waals surface area contributed by atoms with Gasteiger partial charge in [-0.2, -0.15) is 0 Å². The molecule has 2 heterocycles. The summed E-state index contributed by atoms with van der Waals surface area (Å²) in [5.41, 5.74) is 2.65. The molecule has 0 fully saturated rings. The molecule has 112 valence electrons. The van der Waals surface area contributed by atoms with Crippen molar-refractivity contribution in [1.82, 2.24) is 5.32 Å². The van der Waals surface area contributed by atoms with Crippen LogP contribution in [-0.4, -0.2) is 6.54 Å². The lowest BCUT2D eigenvalue weighted by atomic mass is 9.93. The molecule has 1 aromatic carbocycles. The Morgan fingerprint density at radius 1 is 1.24 bits per heavy atom. The lowest BCUT2D eigenvalue weighted by Gasteiger charge is -2.33. The Bertz CT molecular complexity index is 619. The number of para-hydroxylation sites is 1. The fraction of sp³-hybridized carbons (Fsp3) is 0.444. The van der Waals surface area contributed by atoms with E-state index in [-0.39, 0.29) is 6.10 Å². The summed E-state index contributed by atoms with van der Waals surface area (Å²) in [6.45, 7) is 7.63. The number of ether oxygens (including phenoxy) is 1. The largest absolute Gasteiger partial charge is 0.485 e. The second kappa shape index (κ2) is 6.20. The molecule has 0 bridgehead atoms. The summed E-state index contributed by atoms with van der Waals surface area (Å²) in [7, 11) is 0. The van der Waals surface area contributed by atoms with E-state index in [1.165, 1.54) is 20.9 Å². The molecule has 0 saturated heterocycles. The van der Waals surface area contributed by atoms with Gasteiger partial charge >= 0.3 is 0 Å². The Morgan fingerprint density at radius 3 is 2.76 bits per heavy atom. The van der Waals surface area contributed by atoms with Crippen LogP contribution in [0.1, 0.15) is 52.8 Å². The SMILES string of the molecule is CCCNC1CC(c2cc(C)sc2C)Oc2ccccc21. The van der Waals surface area contributed by atoms with Crippen molar-refractivity contribution in [3.8, 4) is 5.75 Å². The zero-order valence-electron chi connectivity index (χ0n) is 13.0. The molecular formula is C18H23NOS. The van der Waals surface area contributed by atoms with Crippen LogP contribution in [0.5, 0.6) is 5.75 Å². The molecule has 0 spiro atoms. The van der Waals surface area contributed by atoms with Crippen molar-refractivity contribution in [3.05, 3.63) is 51.2 Å². The molecule has 0 radical (unpaired) electrons. The van der Waals surface area contributed by atoms with Gasteiger partial charge in [0.25, 0.3) is 0 Å². The van der Waals surface area contributed by atoms with Crippen molar-refractivity contribution < 1.29 is 4.74 Å². The van der Waals surface area contributed by atoms with Crippen LogP contribution in [0.2, 0.25) is 0 Å². The van der Waals surface area contributed by atoms with E-state index in [0.717, 1.165) is 25.1 Å². The number of benzene rings is 1. The van der Waals surface area contributed by atoms with Crippen LogP contribution >= 0.6 is 11.3 Å². The molecule has 0 aliphatic carbocycles. The van der Waals surface area contributed by atoms with Crippen LogP contribution in [0.3, 0.4) is 0 Å². The van der Waals surface area contributed by atoms with E-state index in [0.29, 0.717) is 6.04 Å². The van der Waals surface area contributed by atoms with Gasteiger partial charge < -0.3 is 10.1 Å². The monoisotopic (exact) mass is 301 g/mol. The van der Waals surface area contributed by atoms with E-state index < -0.39 is 0 Å². The minimum absolute atomic E-state index is 0.166. The normalized spacial score (nSPS) is 20.9. The average Bonchev–Trinajstić information content (AvgIpc) is 2.83. The number of fused-ring (bicyclic) bond motifs is 1. The molecule has 1 aliphatic rings. The highest BCUT2D eigenvalue weighted by Gasteiger charge is 2.30.